The van der Waals surface area contributed by atoms with Crippen molar-refractivity contribution in [3.05, 3.63) is 30.5 Å². The SMILES string of the molecule is C=C(CNC(=O)OC(C)(C)C)COc1ccc(S(=O)(=O)N2C[C@@H]3C(C(=O)O)[C@@H]3C2)cn1. The molecule has 2 aliphatic rings. The van der Waals surface area contributed by atoms with Crippen molar-refractivity contribution in [2.24, 2.45) is 17.8 Å². The zero-order valence-corrected chi connectivity index (χ0v) is 18.5. The lowest BCUT2D eigenvalue weighted by Gasteiger charge is -2.20. The highest BCUT2D eigenvalue weighted by Gasteiger charge is 2.61. The van der Waals surface area contributed by atoms with Crippen LogP contribution >= 0.6 is 0 Å². The number of carbonyl (C=O) groups is 2. The number of piperidine rings is 1. The van der Waals surface area contributed by atoms with Crippen molar-refractivity contribution in [3.8, 4) is 5.88 Å². The highest BCUT2D eigenvalue weighted by Crippen LogP contribution is 2.52. The number of carbonyl (C=O) groups excluding carboxylic acids is 1. The predicted octanol–water partition coefficient (Wildman–Crippen LogP) is 1.49. The molecule has 1 aromatic heterocycles. The fraction of sp³-hybridized carbons (Fsp3) is 0.550. The zero-order valence-electron chi connectivity index (χ0n) is 17.7. The van der Waals surface area contributed by atoms with Gasteiger partial charge in [-0.05, 0) is 44.2 Å². The number of fused-ring (bicyclic) bond motifs is 1. The number of alkyl carbamates (subject to hydrolysis) is 1. The number of carboxylic acid groups (broad SMARTS) is 1. The van der Waals surface area contributed by atoms with Crippen LogP contribution in [-0.4, -0.2) is 66.7 Å². The van der Waals surface area contributed by atoms with E-state index in [2.05, 4.69) is 16.9 Å². The van der Waals surface area contributed by atoms with Gasteiger partial charge in [0.2, 0.25) is 15.9 Å². The van der Waals surface area contributed by atoms with Crippen molar-refractivity contribution in [1.82, 2.24) is 14.6 Å². The molecule has 3 atom stereocenters. The summed E-state index contributed by atoms with van der Waals surface area (Å²) >= 11 is 0. The summed E-state index contributed by atoms with van der Waals surface area (Å²) in [6.07, 6.45) is 0.654. The van der Waals surface area contributed by atoms with Gasteiger partial charge >= 0.3 is 12.1 Å². The van der Waals surface area contributed by atoms with Gasteiger partial charge in [0.25, 0.3) is 0 Å². The molecule has 0 bridgehead atoms. The molecule has 1 saturated heterocycles. The van der Waals surface area contributed by atoms with Gasteiger partial charge in [-0.2, -0.15) is 4.31 Å². The molecule has 0 radical (unpaired) electrons. The largest absolute Gasteiger partial charge is 0.481 e. The molecule has 170 valence electrons. The molecule has 2 fully saturated rings. The molecule has 1 aromatic rings. The van der Waals surface area contributed by atoms with Crippen LogP contribution < -0.4 is 10.1 Å². The molecule has 10 nitrogen and oxygen atoms in total. The molecule has 0 aromatic carbocycles. The lowest BCUT2D eigenvalue weighted by molar-refractivity contribution is -0.139. The third kappa shape index (κ3) is 5.53. The van der Waals surface area contributed by atoms with Gasteiger partial charge in [0.15, 0.2) is 0 Å². The average molecular weight is 454 g/mol. The maximum atomic E-state index is 12.7. The van der Waals surface area contributed by atoms with E-state index in [4.69, 9.17) is 14.6 Å². The number of hydrogen-bond acceptors (Lipinski definition) is 7. The number of ether oxygens (including phenoxy) is 2. The molecule has 2 heterocycles. The van der Waals surface area contributed by atoms with Crippen LogP contribution in [0.25, 0.3) is 0 Å². The van der Waals surface area contributed by atoms with Gasteiger partial charge in [0.1, 0.15) is 17.1 Å². The maximum Gasteiger partial charge on any atom is 0.407 e. The second-order valence-electron chi connectivity index (χ2n) is 8.74. The number of hydrogen-bond donors (Lipinski definition) is 2. The summed E-state index contributed by atoms with van der Waals surface area (Å²) in [6.45, 7) is 9.78. The fourth-order valence-corrected chi connectivity index (χ4v) is 5.00. The molecular weight excluding hydrogens is 426 g/mol. The Morgan fingerprint density at radius 2 is 1.94 bits per heavy atom. The van der Waals surface area contributed by atoms with Crippen LogP contribution in [-0.2, 0) is 19.6 Å². The van der Waals surface area contributed by atoms with Crippen molar-refractivity contribution >= 4 is 22.1 Å². The minimum absolute atomic E-state index is 0.0263. The van der Waals surface area contributed by atoms with Crippen LogP contribution in [0, 0.1) is 17.8 Å². The smallest absolute Gasteiger partial charge is 0.407 e. The lowest BCUT2D eigenvalue weighted by Crippen LogP contribution is -2.34. The average Bonchev–Trinajstić information content (AvgIpc) is 3.18. The molecule has 31 heavy (non-hydrogen) atoms. The van der Waals surface area contributed by atoms with Crippen molar-refractivity contribution < 1.29 is 32.6 Å². The van der Waals surface area contributed by atoms with E-state index in [1.807, 2.05) is 0 Å². The minimum atomic E-state index is -3.73. The third-order valence-electron chi connectivity index (χ3n) is 5.10. The van der Waals surface area contributed by atoms with E-state index >= 15 is 0 Å². The van der Waals surface area contributed by atoms with Crippen molar-refractivity contribution in [2.75, 3.05) is 26.2 Å². The number of nitrogens with one attached hydrogen (secondary N) is 1. The fourth-order valence-electron chi connectivity index (χ4n) is 3.54. The van der Waals surface area contributed by atoms with E-state index in [0.717, 1.165) is 0 Å². The first-order valence-corrected chi connectivity index (χ1v) is 11.3. The molecule has 1 unspecified atom stereocenters. The molecule has 2 N–H and O–H groups in total. The number of rotatable bonds is 8. The van der Waals surface area contributed by atoms with E-state index < -0.39 is 33.6 Å². The molecule has 0 spiro atoms. The van der Waals surface area contributed by atoms with E-state index in [1.54, 1.807) is 20.8 Å². The minimum Gasteiger partial charge on any atom is -0.481 e. The van der Waals surface area contributed by atoms with Gasteiger partial charge in [-0.15, -0.1) is 0 Å². The molecule has 1 aliphatic carbocycles. The monoisotopic (exact) mass is 453 g/mol. The van der Waals surface area contributed by atoms with Crippen LogP contribution in [0.15, 0.2) is 35.4 Å². The summed E-state index contributed by atoms with van der Waals surface area (Å²) in [6, 6.07) is 2.84. The molecule has 1 saturated carbocycles. The van der Waals surface area contributed by atoms with E-state index in [1.165, 1.54) is 22.6 Å². The highest BCUT2D eigenvalue weighted by molar-refractivity contribution is 7.89. The Labute approximate surface area is 181 Å². The van der Waals surface area contributed by atoms with Crippen molar-refractivity contribution in [1.29, 1.82) is 0 Å². The number of carboxylic acids is 1. The Morgan fingerprint density at radius 3 is 2.45 bits per heavy atom. The zero-order chi connectivity index (χ0) is 23.0. The number of pyridine rings is 1. The molecule has 1 aliphatic heterocycles. The summed E-state index contributed by atoms with van der Waals surface area (Å²) in [5.74, 6) is -1.30. The number of aromatic nitrogens is 1. The van der Waals surface area contributed by atoms with E-state index in [-0.39, 0.29) is 48.9 Å². The second kappa shape index (κ2) is 8.46. The Balaban J connectivity index is 1.46. The highest BCUT2D eigenvalue weighted by atomic mass is 32.2. The number of amides is 1. The second-order valence-corrected chi connectivity index (χ2v) is 10.7. The quantitative estimate of drug-likeness (QED) is 0.565. The molecule has 1 amide bonds. The van der Waals surface area contributed by atoms with Gasteiger partial charge < -0.3 is 19.9 Å². The van der Waals surface area contributed by atoms with Crippen LogP contribution in [0.3, 0.4) is 0 Å². The van der Waals surface area contributed by atoms with Gasteiger partial charge in [0.05, 0.1) is 12.1 Å². The first-order valence-electron chi connectivity index (χ1n) is 9.84. The van der Waals surface area contributed by atoms with Crippen LogP contribution in [0.1, 0.15) is 20.8 Å². The standard InChI is InChI=1S/C20H27N3O7S/c1-12(7-22-19(26)30-20(2,3)4)11-29-16-6-5-13(8-21-16)31(27,28)23-9-14-15(10-23)17(14)18(24)25/h5-6,8,14-15,17H,1,7,9-11H2,2-4H3,(H,22,26)(H,24,25)/t14-,15+,17?. The Hall–Kier alpha value is -2.66. The summed E-state index contributed by atoms with van der Waals surface area (Å²) in [7, 11) is -3.73. The first kappa shape index (κ1) is 23.0. The predicted molar refractivity (Wildman–Crippen MR) is 110 cm³/mol. The van der Waals surface area contributed by atoms with Gasteiger partial charge in [0, 0.05) is 25.7 Å². The molecule has 11 heteroatoms. The van der Waals surface area contributed by atoms with Crippen molar-refractivity contribution in [2.45, 2.75) is 31.3 Å². The normalized spacial score (nSPS) is 23.0. The van der Waals surface area contributed by atoms with Crippen LogP contribution in [0.2, 0.25) is 0 Å². The summed E-state index contributed by atoms with van der Waals surface area (Å²) in [4.78, 5) is 26.7. The number of aliphatic carboxylic acids is 1. The first-order chi connectivity index (χ1) is 14.4. The molecular formula is C20H27N3O7S. The lowest BCUT2D eigenvalue weighted by atomic mass is 10.2. The van der Waals surface area contributed by atoms with E-state index in [0.29, 0.717) is 5.57 Å². The van der Waals surface area contributed by atoms with Gasteiger partial charge in [-0.3, -0.25) is 4.79 Å². The summed E-state index contributed by atoms with van der Waals surface area (Å²) in [5, 5.41) is 11.6. The summed E-state index contributed by atoms with van der Waals surface area (Å²) < 4.78 is 37.4. The number of sulfonamides is 1. The Kier molecular flexibility index (Phi) is 6.28. The van der Waals surface area contributed by atoms with Crippen molar-refractivity contribution in [3.63, 3.8) is 0 Å². The van der Waals surface area contributed by atoms with Gasteiger partial charge in [-0.25, -0.2) is 18.2 Å². The Bertz CT molecular complexity index is 957. The van der Waals surface area contributed by atoms with Gasteiger partial charge in [-0.1, -0.05) is 6.58 Å². The van der Waals surface area contributed by atoms with Crippen LogP contribution in [0.4, 0.5) is 4.79 Å². The van der Waals surface area contributed by atoms with E-state index in [9.17, 15) is 18.0 Å². The topological polar surface area (TPSA) is 135 Å². The van der Waals surface area contributed by atoms with Crippen LogP contribution in [0.5, 0.6) is 5.88 Å². The molecule has 3 rings (SSSR count). The summed E-state index contributed by atoms with van der Waals surface area (Å²) in [5.41, 5.74) is -0.0184. The number of nitrogens with zero attached hydrogens (tertiary/aromatic N) is 2. The third-order valence-corrected chi connectivity index (χ3v) is 6.91. The Morgan fingerprint density at radius 1 is 1.29 bits per heavy atom. The maximum absolute atomic E-state index is 12.7.